The summed E-state index contributed by atoms with van der Waals surface area (Å²) in [7, 11) is 0. The Hall–Kier alpha value is -3.05. The van der Waals surface area contributed by atoms with E-state index in [-0.39, 0.29) is 16.8 Å². The molecule has 34 heavy (non-hydrogen) atoms. The summed E-state index contributed by atoms with van der Waals surface area (Å²) in [5.41, 5.74) is 6.29. The molecule has 2 aromatic carbocycles. The average Bonchev–Trinajstić information content (AvgIpc) is 3.52. The molecule has 1 spiro atoms. The highest BCUT2D eigenvalue weighted by Gasteiger charge is 2.57. The summed E-state index contributed by atoms with van der Waals surface area (Å²) in [5.74, 6) is 0.364. The number of ether oxygens (including phenoxy) is 1. The van der Waals surface area contributed by atoms with Crippen LogP contribution < -0.4 is 0 Å². The lowest BCUT2D eigenvalue weighted by Crippen LogP contribution is -2.45. The second kappa shape index (κ2) is 7.47. The minimum absolute atomic E-state index is 0.0730. The summed E-state index contributed by atoms with van der Waals surface area (Å²) < 4.78 is 21.4. The Morgan fingerprint density at radius 2 is 1.97 bits per heavy atom. The van der Waals surface area contributed by atoms with Crippen LogP contribution in [0.4, 0.5) is 4.39 Å². The second-order valence-corrected chi connectivity index (χ2v) is 10.5. The fourth-order valence-corrected chi connectivity index (χ4v) is 6.77. The first-order chi connectivity index (χ1) is 16.6. The first-order valence-corrected chi connectivity index (χ1v) is 12.5. The molecule has 2 fully saturated rings. The van der Waals surface area contributed by atoms with Gasteiger partial charge < -0.3 is 4.74 Å². The fraction of sp³-hybridized carbons (Fsp3) is 0.379. The number of rotatable bonds is 3. The molecule has 1 aliphatic heterocycles. The van der Waals surface area contributed by atoms with Gasteiger partial charge in [-0.1, -0.05) is 6.07 Å². The Labute approximate surface area is 198 Å². The van der Waals surface area contributed by atoms with Gasteiger partial charge in [0.2, 0.25) is 0 Å². The van der Waals surface area contributed by atoms with Crippen LogP contribution in [0.25, 0.3) is 16.6 Å². The molecule has 1 saturated heterocycles. The molecule has 0 amide bonds. The van der Waals surface area contributed by atoms with Crippen molar-refractivity contribution >= 4 is 10.9 Å². The molecule has 3 heterocycles. The van der Waals surface area contributed by atoms with Gasteiger partial charge in [0.1, 0.15) is 5.82 Å². The minimum atomic E-state index is -0.230. The molecule has 0 N–H and O–H groups in total. The third kappa shape index (κ3) is 3.21. The molecule has 7 rings (SSSR count). The van der Waals surface area contributed by atoms with E-state index in [0.29, 0.717) is 5.92 Å². The lowest BCUT2D eigenvalue weighted by molar-refractivity contribution is 0.0991. The van der Waals surface area contributed by atoms with Crippen LogP contribution in [0, 0.1) is 11.7 Å². The number of hydrogen-bond acceptors (Lipinski definition) is 3. The SMILES string of the molecule is Fc1ccc(-n2ncc3cc4c(cc32)CCCC2CC3(CCC42Cc2ccccn2)CO3)cc1. The van der Waals surface area contributed by atoms with Gasteiger partial charge in [0, 0.05) is 22.7 Å². The number of benzene rings is 2. The molecule has 0 radical (unpaired) electrons. The van der Waals surface area contributed by atoms with E-state index in [0.717, 1.165) is 55.3 Å². The number of halogens is 1. The normalized spacial score (nSPS) is 27.9. The van der Waals surface area contributed by atoms with Crippen molar-refractivity contribution in [3.63, 3.8) is 0 Å². The van der Waals surface area contributed by atoms with Gasteiger partial charge in [-0.25, -0.2) is 9.07 Å². The molecule has 4 aromatic rings. The number of nitrogens with zero attached hydrogens (tertiary/aromatic N) is 3. The second-order valence-electron chi connectivity index (χ2n) is 10.5. The largest absolute Gasteiger partial charge is 0.370 e. The van der Waals surface area contributed by atoms with E-state index in [2.05, 4.69) is 24.3 Å². The molecule has 5 heteroatoms. The van der Waals surface area contributed by atoms with Crippen molar-refractivity contribution in [1.82, 2.24) is 14.8 Å². The molecule has 3 unspecified atom stereocenters. The van der Waals surface area contributed by atoms with E-state index in [1.807, 2.05) is 23.1 Å². The summed E-state index contributed by atoms with van der Waals surface area (Å²) in [4.78, 5) is 4.75. The lowest BCUT2D eigenvalue weighted by Gasteiger charge is -2.47. The Morgan fingerprint density at radius 3 is 2.76 bits per heavy atom. The molecule has 172 valence electrons. The van der Waals surface area contributed by atoms with E-state index in [9.17, 15) is 4.39 Å². The van der Waals surface area contributed by atoms with Crippen molar-refractivity contribution in [3.8, 4) is 5.69 Å². The van der Waals surface area contributed by atoms with Crippen LogP contribution in [0.3, 0.4) is 0 Å². The average molecular weight is 454 g/mol. The Balaban J connectivity index is 1.38. The van der Waals surface area contributed by atoms with E-state index in [1.54, 1.807) is 12.1 Å². The van der Waals surface area contributed by atoms with Gasteiger partial charge in [-0.05, 0) is 111 Å². The van der Waals surface area contributed by atoms with Crippen LogP contribution in [0.15, 0.2) is 67.0 Å². The van der Waals surface area contributed by atoms with Crippen LogP contribution in [-0.2, 0) is 23.0 Å². The zero-order valence-electron chi connectivity index (χ0n) is 19.2. The summed E-state index contributed by atoms with van der Waals surface area (Å²) in [6, 6.07) is 17.6. The summed E-state index contributed by atoms with van der Waals surface area (Å²) in [5, 5.41) is 5.84. The molecule has 2 aliphatic carbocycles. The maximum Gasteiger partial charge on any atom is 0.123 e. The van der Waals surface area contributed by atoms with Gasteiger partial charge in [-0.3, -0.25) is 4.98 Å². The van der Waals surface area contributed by atoms with Crippen LogP contribution >= 0.6 is 0 Å². The summed E-state index contributed by atoms with van der Waals surface area (Å²) in [6.45, 7) is 0.930. The molecule has 1 saturated carbocycles. The zero-order chi connectivity index (χ0) is 22.8. The van der Waals surface area contributed by atoms with Crippen LogP contribution in [-0.4, -0.2) is 27.0 Å². The lowest BCUT2D eigenvalue weighted by atomic mass is 9.57. The molecule has 4 nitrogen and oxygen atoms in total. The maximum absolute atomic E-state index is 13.5. The van der Waals surface area contributed by atoms with E-state index in [4.69, 9.17) is 14.8 Å². The number of aryl methyl sites for hydroxylation is 1. The fourth-order valence-electron chi connectivity index (χ4n) is 6.77. The number of fused-ring (bicyclic) bond motifs is 4. The Bertz CT molecular complexity index is 1360. The Kier molecular flexibility index (Phi) is 4.47. The minimum Gasteiger partial charge on any atom is -0.370 e. The smallest absolute Gasteiger partial charge is 0.123 e. The number of aromatic nitrogens is 3. The summed E-state index contributed by atoms with van der Waals surface area (Å²) in [6.07, 6.45) is 11.8. The highest BCUT2D eigenvalue weighted by Crippen LogP contribution is 2.57. The van der Waals surface area contributed by atoms with Gasteiger partial charge in [-0.2, -0.15) is 5.10 Å². The maximum atomic E-state index is 13.5. The standard InChI is InChI=1S/C29H28FN3O/c30-23-7-9-25(10-8-23)33-27-15-20-4-3-5-22-16-28(19-34-28)11-12-29(22,17-24-6-1-2-13-31-24)26(20)14-21(27)18-32-33/h1-2,6-10,13-15,18,22H,3-5,11-12,16-17,19H2. The molecule has 2 aromatic heterocycles. The molecule has 3 atom stereocenters. The van der Waals surface area contributed by atoms with E-state index < -0.39 is 0 Å². The first kappa shape index (κ1) is 20.3. The first-order valence-electron chi connectivity index (χ1n) is 12.5. The van der Waals surface area contributed by atoms with Crippen molar-refractivity contribution in [2.45, 2.75) is 56.0 Å². The summed E-state index contributed by atoms with van der Waals surface area (Å²) >= 11 is 0. The topological polar surface area (TPSA) is 43.2 Å². The molecule has 3 aliphatic rings. The monoisotopic (exact) mass is 453 g/mol. The molecular formula is C29H28FN3O. The predicted molar refractivity (Wildman–Crippen MR) is 130 cm³/mol. The zero-order valence-corrected chi connectivity index (χ0v) is 19.2. The van der Waals surface area contributed by atoms with Gasteiger partial charge in [-0.15, -0.1) is 0 Å². The van der Waals surface area contributed by atoms with E-state index in [1.165, 1.54) is 41.8 Å². The Morgan fingerprint density at radius 1 is 1.09 bits per heavy atom. The van der Waals surface area contributed by atoms with Crippen molar-refractivity contribution in [3.05, 3.63) is 89.6 Å². The van der Waals surface area contributed by atoms with Gasteiger partial charge in [0.05, 0.1) is 29.6 Å². The van der Waals surface area contributed by atoms with Crippen molar-refractivity contribution < 1.29 is 9.13 Å². The highest BCUT2D eigenvalue weighted by molar-refractivity contribution is 5.82. The third-order valence-electron chi connectivity index (χ3n) is 8.60. The van der Waals surface area contributed by atoms with Crippen molar-refractivity contribution in [2.24, 2.45) is 5.92 Å². The number of hydrogen-bond donors (Lipinski definition) is 0. The number of pyridine rings is 1. The van der Waals surface area contributed by atoms with Crippen LogP contribution in [0.5, 0.6) is 0 Å². The van der Waals surface area contributed by atoms with Gasteiger partial charge in [0.25, 0.3) is 0 Å². The third-order valence-corrected chi connectivity index (χ3v) is 8.60. The number of epoxide rings is 1. The van der Waals surface area contributed by atoms with Crippen LogP contribution in [0.2, 0.25) is 0 Å². The van der Waals surface area contributed by atoms with Crippen molar-refractivity contribution in [2.75, 3.05) is 6.61 Å². The van der Waals surface area contributed by atoms with E-state index >= 15 is 0 Å². The van der Waals surface area contributed by atoms with Gasteiger partial charge in [0.15, 0.2) is 0 Å². The predicted octanol–water partition coefficient (Wildman–Crippen LogP) is 5.95. The highest BCUT2D eigenvalue weighted by atomic mass is 19.1. The quantitative estimate of drug-likeness (QED) is 0.360. The van der Waals surface area contributed by atoms with Crippen LogP contribution in [0.1, 0.15) is 48.9 Å². The molecular weight excluding hydrogens is 425 g/mol. The van der Waals surface area contributed by atoms with Crippen molar-refractivity contribution in [1.29, 1.82) is 0 Å². The molecule has 0 bridgehead atoms. The van der Waals surface area contributed by atoms with Gasteiger partial charge >= 0.3 is 0 Å².